The Labute approximate surface area is 95.8 Å². The zero-order valence-electron chi connectivity index (χ0n) is 9.53. The number of rotatable bonds is 6. The maximum Gasteiger partial charge on any atom is 0.233 e. The highest BCUT2D eigenvalue weighted by Gasteiger charge is 1.99. The van der Waals surface area contributed by atoms with E-state index in [1.54, 1.807) is 7.11 Å². The molecule has 0 fully saturated rings. The summed E-state index contributed by atoms with van der Waals surface area (Å²) in [4.78, 5) is 10.9. The van der Waals surface area contributed by atoms with Gasteiger partial charge in [0.1, 0.15) is 5.75 Å². The van der Waals surface area contributed by atoms with Crippen LogP contribution >= 0.6 is 0 Å². The van der Waals surface area contributed by atoms with Crippen molar-refractivity contribution in [2.45, 2.75) is 25.7 Å². The van der Waals surface area contributed by atoms with Gasteiger partial charge in [0.25, 0.3) is 0 Å². The predicted octanol–water partition coefficient (Wildman–Crippen LogP) is 1.40. The lowest BCUT2D eigenvalue weighted by Crippen LogP contribution is -2.29. The fraction of sp³-hybridized carbons (Fsp3) is 0.417. The Kier molecular flexibility index (Phi) is 5.36. The quantitative estimate of drug-likeness (QED) is 0.331. The van der Waals surface area contributed by atoms with Crippen molar-refractivity contribution in [3.63, 3.8) is 0 Å². The minimum atomic E-state index is -0.106. The molecule has 0 aliphatic heterocycles. The molecule has 4 nitrogen and oxygen atoms in total. The predicted molar refractivity (Wildman–Crippen MR) is 62.9 cm³/mol. The van der Waals surface area contributed by atoms with E-state index < -0.39 is 0 Å². The molecule has 0 bridgehead atoms. The largest absolute Gasteiger partial charge is 0.497 e. The van der Waals surface area contributed by atoms with Gasteiger partial charge in [0.15, 0.2) is 0 Å². The third-order valence-corrected chi connectivity index (χ3v) is 2.41. The highest BCUT2D eigenvalue weighted by molar-refractivity contribution is 5.75. The number of amides is 1. The summed E-state index contributed by atoms with van der Waals surface area (Å²) in [5, 5.41) is 0. The summed E-state index contributed by atoms with van der Waals surface area (Å²) in [5.74, 6) is 5.75. The number of ether oxygens (including phenoxy) is 1. The van der Waals surface area contributed by atoms with Crippen molar-refractivity contribution in [3.05, 3.63) is 29.8 Å². The van der Waals surface area contributed by atoms with E-state index in [9.17, 15) is 4.79 Å². The zero-order chi connectivity index (χ0) is 11.8. The third kappa shape index (κ3) is 4.31. The van der Waals surface area contributed by atoms with Crippen LogP contribution in [0.15, 0.2) is 24.3 Å². The van der Waals surface area contributed by atoms with Gasteiger partial charge in [-0.2, -0.15) is 0 Å². The standard InChI is InChI=1S/C12H18N2O2/c1-16-11-7-4-6-10(9-11)5-2-3-8-12(15)14-13/h4,6-7,9H,2-3,5,8,13H2,1H3,(H,14,15). The molecule has 4 heteroatoms. The highest BCUT2D eigenvalue weighted by atomic mass is 16.5. The Morgan fingerprint density at radius 1 is 1.44 bits per heavy atom. The second-order valence-electron chi connectivity index (χ2n) is 3.63. The van der Waals surface area contributed by atoms with Crippen LogP contribution in [0.25, 0.3) is 0 Å². The number of nitrogens with two attached hydrogens (primary N) is 1. The molecule has 0 spiro atoms. The van der Waals surface area contributed by atoms with Crippen molar-refractivity contribution in [2.24, 2.45) is 5.84 Å². The second-order valence-corrected chi connectivity index (χ2v) is 3.63. The molecule has 3 N–H and O–H groups in total. The first-order valence-corrected chi connectivity index (χ1v) is 5.38. The van der Waals surface area contributed by atoms with Gasteiger partial charge in [0.05, 0.1) is 7.11 Å². The van der Waals surface area contributed by atoms with Crippen LogP contribution in [-0.4, -0.2) is 13.0 Å². The van der Waals surface area contributed by atoms with Crippen LogP contribution in [0.5, 0.6) is 5.75 Å². The van der Waals surface area contributed by atoms with Gasteiger partial charge in [-0.25, -0.2) is 5.84 Å². The smallest absolute Gasteiger partial charge is 0.233 e. The molecule has 1 rings (SSSR count). The van der Waals surface area contributed by atoms with E-state index in [-0.39, 0.29) is 5.91 Å². The number of methoxy groups -OCH3 is 1. The number of nitrogens with one attached hydrogen (secondary N) is 1. The van der Waals surface area contributed by atoms with Gasteiger partial charge in [0, 0.05) is 6.42 Å². The summed E-state index contributed by atoms with van der Waals surface area (Å²) in [7, 11) is 1.66. The number of benzene rings is 1. The SMILES string of the molecule is COc1cccc(CCCCC(=O)NN)c1. The van der Waals surface area contributed by atoms with Gasteiger partial charge < -0.3 is 4.74 Å². The van der Waals surface area contributed by atoms with Gasteiger partial charge in [-0.1, -0.05) is 12.1 Å². The minimum absolute atomic E-state index is 0.106. The van der Waals surface area contributed by atoms with E-state index in [1.807, 2.05) is 18.2 Å². The van der Waals surface area contributed by atoms with Crippen molar-refractivity contribution in [1.82, 2.24) is 5.43 Å². The molecule has 88 valence electrons. The van der Waals surface area contributed by atoms with Crippen molar-refractivity contribution >= 4 is 5.91 Å². The average Bonchev–Trinajstić information content (AvgIpc) is 2.34. The molecule has 1 aromatic rings. The number of hydrazine groups is 1. The summed E-state index contributed by atoms with van der Waals surface area (Å²) in [6.45, 7) is 0. The summed E-state index contributed by atoms with van der Waals surface area (Å²) < 4.78 is 5.14. The molecule has 0 unspecified atom stereocenters. The second kappa shape index (κ2) is 6.85. The molecule has 0 saturated heterocycles. The van der Waals surface area contributed by atoms with Gasteiger partial charge in [-0.15, -0.1) is 0 Å². The lowest BCUT2D eigenvalue weighted by atomic mass is 10.1. The molecule has 0 atom stereocenters. The molecule has 0 radical (unpaired) electrons. The Morgan fingerprint density at radius 3 is 2.94 bits per heavy atom. The lowest BCUT2D eigenvalue weighted by Gasteiger charge is -2.04. The summed E-state index contributed by atoms with van der Waals surface area (Å²) >= 11 is 0. The molecular formula is C12H18N2O2. The lowest BCUT2D eigenvalue weighted by molar-refractivity contribution is -0.121. The summed E-state index contributed by atoms with van der Waals surface area (Å²) in [6, 6.07) is 7.97. The molecule has 16 heavy (non-hydrogen) atoms. The molecule has 1 aromatic carbocycles. The fourth-order valence-corrected chi connectivity index (χ4v) is 1.51. The Hall–Kier alpha value is -1.55. The summed E-state index contributed by atoms with van der Waals surface area (Å²) in [6.07, 6.45) is 3.26. The monoisotopic (exact) mass is 222 g/mol. The van der Waals surface area contributed by atoms with Crippen LogP contribution < -0.4 is 16.0 Å². The van der Waals surface area contributed by atoms with Crippen molar-refractivity contribution < 1.29 is 9.53 Å². The van der Waals surface area contributed by atoms with E-state index in [0.717, 1.165) is 25.0 Å². The first kappa shape index (κ1) is 12.5. The topological polar surface area (TPSA) is 64.3 Å². The highest BCUT2D eigenvalue weighted by Crippen LogP contribution is 2.14. The molecule has 0 aromatic heterocycles. The van der Waals surface area contributed by atoms with E-state index in [1.165, 1.54) is 5.56 Å². The Bertz CT molecular complexity index is 340. The normalized spacial score (nSPS) is 9.88. The van der Waals surface area contributed by atoms with Crippen LogP contribution in [0.3, 0.4) is 0 Å². The van der Waals surface area contributed by atoms with Gasteiger partial charge >= 0.3 is 0 Å². The van der Waals surface area contributed by atoms with Gasteiger partial charge in [0.2, 0.25) is 5.91 Å². The maximum atomic E-state index is 10.9. The maximum absolute atomic E-state index is 10.9. The van der Waals surface area contributed by atoms with Crippen LogP contribution in [0, 0.1) is 0 Å². The van der Waals surface area contributed by atoms with Crippen molar-refractivity contribution in [1.29, 1.82) is 0 Å². The van der Waals surface area contributed by atoms with Crippen molar-refractivity contribution in [2.75, 3.05) is 7.11 Å². The molecule has 0 heterocycles. The number of hydrogen-bond acceptors (Lipinski definition) is 3. The Morgan fingerprint density at radius 2 is 2.25 bits per heavy atom. The minimum Gasteiger partial charge on any atom is -0.497 e. The molecule has 0 saturated carbocycles. The van der Waals surface area contributed by atoms with Crippen LogP contribution in [0.4, 0.5) is 0 Å². The molecule has 1 amide bonds. The van der Waals surface area contributed by atoms with E-state index in [4.69, 9.17) is 10.6 Å². The number of unbranched alkanes of at least 4 members (excludes halogenated alkanes) is 1. The van der Waals surface area contributed by atoms with E-state index >= 15 is 0 Å². The number of carbonyl (C=O) groups is 1. The third-order valence-electron chi connectivity index (χ3n) is 2.41. The van der Waals surface area contributed by atoms with Crippen LogP contribution in [0.2, 0.25) is 0 Å². The fourth-order valence-electron chi connectivity index (χ4n) is 1.51. The van der Waals surface area contributed by atoms with E-state index in [2.05, 4.69) is 11.5 Å². The average molecular weight is 222 g/mol. The molecule has 0 aliphatic carbocycles. The zero-order valence-corrected chi connectivity index (χ0v) is 9.53. The molecular weight excluding hydrogens is 204 g/mol. The van der Waals surface area contributed by atoms with Gasteiger partial charge in [-0.3, -0.25) is 10.2 Å². The van der Waals surface area contributed by atoms with Crippen LogP contribution in [0.1, 0.15) is 24.8 Å². The number of carbonyl (C=O) groups excluding carboxylic acids is 1. The number of hydrogen-bond donors (Lipinski definition) is 2. The number of aryl methyl sites for hydroxylation is 1. The Balaban J connectivity index is 2.28. The van der Waals surface area contributed by atoms with Gasteiger partial charge in [-0.05, 0) is 37.0 Å². The molecule has 0 aliphatic rings. The van der Waals surface area contributed by atoms with Crippen LogP contribution in [-0.2, 0) is 11.2 Å². The first-order valence-electron chi connectivity index (χ1n) is 5.38. The summed E-state index contributed by atoms with van der Waals surface area (Å²) in [5.41, 5.74) is 3.35. The van der Waals surface area contributed by atoms with Crippen molar-refractivity contribution in [3.8, 4) is 5.75 Å². The van der Waals surface area contributed by atoms with E-state index in [0.29, 0.717) is 6.42 Å². The first-order chi connectivity index (χ1) is 7.76.